The lowest BCUT2D eigenvalue weighted by atomic mass is 10.1. The van der Waals surface area contributed by atoms with Gasteiger partial charge in [-0.2, -0.15) is 5.26 Å². The Labute approximate surface area is 119 Å². The van der Waals surface area contributed by atoms with E-state index in [1.807, 2.05) is 6.07 Å². The van der Waals surface area contributed by atoms with Gasteiger partial charge < -0.3 is 15.2 Å². The van der Waals surface area contributed by atoms with Gasteiger partial charge in [-0.15, -0.1) is 0 Å². The second kappa shape index (κ2) is 6.92. The molecule has 20 heavy (non-hydrogen) atoms. The van der Waals surface area contributed by atoms with Gasteiger partial charge in [0.05, 0.1) is 24.3 Å². The van der Waals surface area contributed by atoms with E-state index in [1.54, 1.807) is 45.0 Å². The highest BCUT2D eigenvalue weighted by atomic mass is 16.6. The molecule has 0 spiro atoms. The van der Waals surface area contributed by atoms with Crippen LogP contribution >= 0.6 is 0 Å². The van der Waals surface area contributed by atoms with Crippen molar-refractivity contribution in [3.63, 3.8) is 0 Å². The predicted octanol–water partition coefficient (Wildman–Crippen LogP) is 1.99. The molecule has 1 amide bonds. The minimum absolute atomic E-state index is 0.181. The molecule has 2 N–H and O–H groups in total. The van der Waals surface area contributed by atoms with Crippen LogP contribution in [-0.4, -0.2) is 29.4 Å². The maximum atomic E-state index is 11.6. The fourth-order valence-corrected chi connectivity index (χ4v) is 1.64. The molecule has 1 rings (SSSR count). The first-order valence-corrected chi connectivity index (χ1v) is 6.43. The Hall–Kier alpha value is -2.06. The molecule has 1 aromatic carbocycles. The molecule has 0 heterocycles. The molecule has 0 fully saturated rings. The molecular weight excluding hydrogens is 256 g/mol. The molecule has 5 nitrogen and oxygen atoms in total. The van der Waals surface area contributed by atoms with E-state index in [2.05, 4.69) is 5.32 Å². The number of nitrogens with one attached hydrogen (secondary N) is 1. The highest BCUT2D eigenvalue weighted by Crippen LogP contribution is 2.09. The molecule has 1 aromatic rings. The van der Waals surface area contributed by atoms with Crippen molar-refractivity contribution in [3.05, 3.63) is 35.4 Å². The quantitative estimate of drug-likeness (QED) is 0.881. The number of aliphatic hydroxyl groups is 1. The number of ether oxygens (including phenoxy) is 1. The van der Waals surface area contributed by atoms with Crippen LogP contribution < -0.4 is 5.32 Å². The van der Waals surface area contributed by atoms with Crippen LogP contribution in [0.2, 0.25) is 0 Å². The third-order valence-electron chi connectivity index (χ3n) is 2.51. The third-order valence-corrected chi connectivity index (χ3v) is 2.51. The van der Waals surface area contributed by atoms with E-state index in [0.29, 0.717) is 12.0 Å². The van der Waals surface area contributed by atoms with E-state index in [9.17, 15) is 9.90 Å². The average molecular weight is 276 g/mol. The molecular formula is C15H20N2O3. The molecule has 0 unspecified atom stereocenters. The van der Waals surface area contributed by atoms with E-state index in [1.165, 1.54) is 0 Å². The molecule has 0 aliphatic carbocycles. The largest absolute Gasteiger partial charge is 0.444 e. The van der Waals surface area contributed by atoms with Crippen molar-refractivity contribution in [1.82, 2.24) is 5.32 Å². The van der Waals surface area contributed by atoms with E-state index in [4.69, 9.17) is 10.00 Å². The molecule has 0 saturated heterocycles. The SMILES string of the molecule is CC(C)(C)OC(=O)N[C@@H](CO)Cc1ccc(C#N)cc1. The Bertz CT molecular complexity index is 483. The van der Waals surface area contributed by atoms with Gasteiger partial charge in [0.25, 0.3) is 0 Å². The summed E-state index contributed by atoms with van der Waals surface area (Å²) in [5, 5.41) is 20.7. The van der Waals surface area contributed by atoms with Crippen LogP contribution in [-0.2, 0) is 11.2 Å². The molecule has 1 atom stereocenters. The first-order valence-electron chi connectivity index (χ1n) is 6.43. The molecule has 0 radical (unpaired) electrons. The second-order valence-electron chi connectivity index (χ2n) is 5.54. The van der Waals surface area contributed by atoms with Crippen LogP contribution in [0.15, 0.2) is 24.3 Å². The lowest BCUT2D eigenvalue weighted by Gasteiger charge is -2.22. The summed E-state index contributed by atoms with van der Waals surface area (Å²) in [6.07, 6.45) is -0.0771. The Kier molecular flexibility index (Phi) is 5.53. The topological polar surface area (TPSA) is 82.3 Å². The molecule has 5 heteroatoms. The van der Waals surface area contributed by atoms with Crippen LogP contribution in [0.3, 0.4) is 0 Å². The first-order chi connectivity index (χ1) is 9.34. The van der Waals surface area contributed by atoms with Gasteiger partial charge in [-0.3, -0.25) is 0 Å². The lowest BCUT2D eigenvalue weighted by Crippen LogP contribution is -2.42. The minimum Gasteiger partial charge on any atom is -0.444 e. The monoisotopic (exact) mass is 276 g/mol. The van der Waals surface area contributed by atoms with E-state index >= 15 is 0 Å². The van der Waals surface area contributed by atoms with Crippen molar-refractivity contribution in [3.8, 4) is 6.07 Å². The van der Waals surface area contributed by atoms with Crippen LogP contribution in [0.4, 0.5) is 4.79 Å². The van der Waals surface area contributed by atoms with Crippen LogP contribution in [0, 0.1) is 11.3 Å². The van der Waals surface area contributed by atoms with E-state index in [0.717, 1.165) is 5.56 Å². The summed E-state index contributed by atoms with van der Waals surface area (Å²) in [5.41, 5.74) is 0.937. The van der Waals surface area contributed by atoms with Crippen molar-refractivity contribution in [2.24, 2.45) is 0 Å². The van der Waals surface area contributed by atoms with Gasteiger partial charge in [-0.05, 0) is 44.9 Å². The van der Waals surface area contributed by atoms with Crippen molar-refractivity contribution in [1.29, 1.82) is 5.26 Å². The fraction of sp³-hybridized carbons (Fsp3) is 0.467. The zero-order valence-corrected chi connectivity index (χ0v) is 12.0. The van der Waals surface area contributed by atoms with Gasteiger partial charge in [-0.1, -0.05) is 12.1 Å². The number of hydrogen-bond donors (Lipinski definition) is 2. The van der Waals surface area contributed by atoms with Crippen molar-refractivity contribution in [2.45, 2.75) is 38.8 Å². The molecule has 108 valence electrons. The number of alkyl carbamates (subject to hydrolysis) is 1. The summed E-state index contributed by atoms with van der Waals surface area (Å²) in [5.74, 6) is 0. The fourth-order valence-electron chi connectivity index (χ4n) is 1.64. The molecule has 0 aliphatic rings. The van der Waals surface area contributed by atoms with Gasteiger partial charge in [0.15, 0.2) is 0 Å². The standard InChI is InChI=1S/C15H20N2O3/c1-15(2,3)20-14(19)17-13(10-18)8-11-4-6-12(9-16)7-5-11/h4-7,13,18H,8,10H2,1-3H3,(H,17,19)/t13-/m1/s1. The second-order valence-corrected chi connectivity index (χ2v) is 5.54. The number of rotatable bonds is 4. The number of nitrogens with zero attached hydrogens (tertiary/aromatic N) is 1. The van der Waals surface area contributed by atoms with E-state index in [-0.39, 0.29) is 6.61 Å². The summed E-state index contributed by atoms with van der Waals surface area (Å²) in [7, 11) is 0. The van der Waals surface area contributed by atoms with Gasteiger partial charge in [0.1, 0.15) is 5.60 Å². The molecule has 0 saturated carbocycles. The van der Waals surface area contributed by atoms with E-state index < -0.39 is 17.7 Å². The number of aliphatic hydroxyl groups excluding tert-OH is 1. The van der Waals surface area contributed by atoms with Crippen molar-refractivity contribution < 1.29 is 14.6 Å². The number of hydrogen-bond acceptors (Lipinski definition) is 4. The summed E-state index contributed by atoms with van der Waals surface area (Å²) in [6, 6.07) is 8.64. The van der Waals surface area contributed by atoms with Gasteiger partial charge in [0, 0.05) is 0 Å². The molecule has 0 bridgehead atoms. The van der Waals surface area contributed by atoms with Crippen LogP contribution in [0.25, 0.3) is 0 Å². The highest BCUT2D eigenvalue weighted by Gasteiger charge is 2.19. The Morgan fingerprint density at radius 1 is 1.40 bits per heavy atom. The maximum absolute atomic E-state index is 11.6. The Morgan fingerprint density at radius 2 is 2.00 bits per heavy atom. The number of carbonyl (C=O) groups is 1. The van der Waals surface area contributed by atoms with Gasteiger partial charge in [-0.25, -0.2) is 4.79 Å². The number of benzene rings is 1. The zero-order chi connectivity index (χ0) is 15.2. The molecule has 0 aromatic heterocycles. The summed E-state index contributed by atoms with van der Waals surface area (Å²) >= 11 is 0. The highest BCUT2D eigenvalue weighted by molar-refractivity contribution is 5.68. The Morgan fingerprint density at radius 3 is 2.45 bits per heavy atom. The van der Waals surface area contributed by atoms with Crippen LogP contribution in [0.1, 0.15) is 31.9 Å². The predicted molar refractivity (Wildman–Crippen MR) is 75.1 cm³/mol. The van der Waals surface area contributed by atoms with Crippen molar-refractivity contribution in [2.75, 3.05) is 6.61 Å². The smallest absolute Gasteiger partial charge is 0.407 e. The first kappa shape index (κ1) is 16.0. The third kappa shape index (κ3) is 5.72. The van der Waals surface area contributed by atoms with Crippen molar-refractivity contribution >= 4 is 6.09 Å². The minimum atomic E-state index is -0.571. The number of nitriles is 1. The molecule has 0 aliphatic heterocycles. The zero-order valence-electron chi connectivity index (χ0n) is 12.0. The summed E-state index contributed by atoms with van der Waals surface area (Å²) < 4.78 is 5.14. The lowest BCUT2D eigenvalue weighted by molar-refractivity contribution is 0.0483. The Balaban J connectivity index is 2.58. The normalized spacial score (nSPS) is 12.3. The van der Waals surface area contributed by atoms with Crippen LogP contribution in [0.5, 0.6) is 0 Å². The average Bonchev–Trinajstić information content (AvgIpc) is 2.36. The van der Waals surface area contributed by atoms with Gasteiger partial charge >= 0.3 is 6.09 Å². The maximum Gasteiger partial charge on any atom is 0.407 e. The number of amides is 1. The summed E-state index contributed by atoms with van der Waals surface area (Å²) in [6.45, 7) is 5.16. The van der Waals surface area contributed by atoms with Gasteiger partial charge in [0.2, 0.25) is 0 Å². The summed E-state index contributed by atoms with van der Waals surface area (Å²) in [4.78, 5) is 11.6. The number of carbonyl (C=O) groups excluding carboxylic acids is 1.